The van der Waals surface area contributed by atoms with E-state index >= 15 is 0 Å². The lowest BCUT2D eigenvalue weighted by atomic mass is 9.79. The Balaban J connectivity index is 2.88. The molecule has 0 aromatic heterocycles. The van der Waals surface area contributed by atoms with Crippen LogP contribution in [0.1, 0.15) is 40.5 Å². The molecule has 0 aromatic rings. The van der Waals surface area contributed by atoms with E-state index < -0.39 is 48.6 Å². The van der Waals surface area contributed by atoms with Crippen LogP contribution in [0.5, 0.6) is 0 Å². The number of hydrogen-bond donors (Lipinski definition) is 4. The number of hydrogen-bond acceptors (Lipinski definition) is 7. The number of rotatable bonds is 12. The minimum atomic E-state index is -1.35. The van der Waals surface area contributed by atoms with E-state index in [1.54, 1.807) is 13.8 Å². The van der Waals surface area contributed by atoms with E-state index in [0.717, 1.165) is 0 Å². The fourth-order valence-corrected chi connectivity index (χ4v) is 3.45. The molecule has 1 rings (SSSR count). The fourth-order valence-electron chi connectivity index (χ4n) is 3.45. The number of aliphatic hydroxyl groups is 4. The molecule has 7 atom stereocenters. The van der Waals surface area contributed by atoms with Gasteiger partial charge in [0, 0.05) is 18.8 Å². The van der Waals surface area contributed by atoms with Crippen LogP contribution in [0.25, 0.3) is 0 Å². The molecule has 1 saturated heterocycles. The molecule has 0 aromatic carbocycles. The van der Waals surface area contributed by atoms with Crippen LogP contribution in [0.3, 0.4) is 0 Å². The van der Waals surface area contributed by atoms with Crippen molar-refractivity contribution >= 4 is 11.6 Å². The largest absolute Gasteiger partial charge is 0.396 e. The Kier molecular flexibility index (Phi) is 8.56. The highest BCUT2D eigenvalue weighted by Crippen LogP contribution is 2.46. The molecule has 1 fully saturated rings. The van der Waals surface area contributed by atoms with E-state index in [0.29, 0.717) is 0 Å². The number of ether oxygens (including phenoxy) is 1. The first kappa shape index (κ1) is 22.9. The van der Waals surface area contributed by atoms with Crippen molar-refractivity contribution < 1.29 is 34.8 Å². The van der Waals surface area contributed by atoms with Crippen LogP contribution in [0, 0.1) is 17.8 Å². The first-order valence-electron chi connectivity index (χ1n) is 9.11. The van der Waals surface area contributed by atoms with Crippen LogP contribution in [-0.2, 0) is 14.3 Å². The first-order chi connectivity index (χ1) is 12.2. The normalized spacial score (nSPS) is 28.4. The second-order valence-electron chi connectivity index (χ2n) is 7.20. The van der Waals surface area contributed by atoms with Crippen LogP contribution in [0.4, 0.5) is 0 Å². The van der Waals surface area contributed by atoms with Gasteiger partial charge in [-0.15, -0.1) is 0 Å². The minimum Gasteiger partial charge on any atom is -0.396 e. The monoisotopic (exact) mass is 372 g/mol. The van der Waals surface area contributed by atoms with Crippen molar-refractivity contribution in [2.75, 3.05) is 13.2 Å². The number of allylic oxidation sites excluding steroid dienone is 1. The summed E-state index contributed by atoms with van der Waals surface area (Å²) < 4.78 is 5.63. The van der Waals surface area contributed by atoms with Crippen molar-refractivity contribution in [2.24, 2.45) is 17.8 Å². The van der Waals surface area contributed by atoms with Crippen molar-refractivity contribution in [3.63, 3.8) is 0 Å². The molecule has 26 heavy (non-hydrogen) atoms. The Morgan fingerprint density at radius 2 is 1.77 bits per heavy atom. The Labute approximate surface area is 154 Å². The fraction of sp³-hybridized carbons (Fsp3) is 0.789. The summed E-state index contributed by atoms with van der Waals surface area (Å²) in [5.74, 6) is -3.34. The van der Waals surface area contributed by atoms with Gasteiger partial charge in [0.1, 0.15) is 17.2 Å². The molecule has 0 spiro atoms. The lowest BCUT2D eigenvalue weighted by Crippen LogP contribution is -2.47. The van der Waals surface area contributed by atoms with Crippen molar-refractivity contribution in [3.8, 4) is 0 Å². The van der Waals surface area contributed by atoms with E-state index in [2.05, 4.69) is 0 Å². The van der Waals surface area contributed by atoms with E-state index in [9.17, 15) is 30.0 Å². The van der Waals surface area contributed by atoms with Crippen molar-refractivity contribution in [3.05, 3.63) is 12.2 Å². The molecule has 1 heterocycles. The van der Waals surface area contributed by atoms with Crippen LogP contribution >= 0.6 is 0 Å². The van der Waals surface area contributed by atoms with Crippen molar-refractivity contribution in [1.82, 2.24) is 0 Å². The molecular weight excluding hydrogens is 340 g/mol. The number of ketones is 2. The molecule has 7 heteroatoms. The maximum Gasteiger partial charge on any atom is 0.148 e. The average molecular weight is 372 g/mol. The van der Waals surface area contributed by atoms with Gasteiger partial charge < -0.3 is 25.2 Å². The first-order valence-corrected chi connectivity index (χ1v) is 9.11. The molecule has 4 N–H and O–H groups in total. The molecule has 1 aliphatic rings. The van der Waals surface area contributed by atoms with Gasteiger partial charge >= 0.3 is 0 Å². The third-order valence-corrected chi connectivity index (χ3v) is 5.25. The van der Waals surface area contributed by atoms with Gasteiger partial charge in [-0.05, 0) is 13.8 Å². The Morgan fingerprint density at radius 3 is 2.23 bits per heavy atom. The van der Waals surface area contributed by atoms with Crippen LogP contribution in [-0.4, -0.2) is 69.1 Å². The molecule has 0 saturated carbocycles. The summed E-state index contributed by atoms with van der Waals surface area (Å²) in [6, 6.07) is 0. The molecule has 0 radical (unpaired) electrons. The summed E-state index contributed by atoms with van der Waals surface area (Å²) >= 11 is 0. The van der Waals surface area contributed by atoms with Gasteiger partial charge in [-0.2, -0.15) is 0 Å². The third kappa shape index (κ3) is 4.98. The molecule has 0 aliphatic carbocycles. The molecular formula is C19H32O7. The lowest BCUT2D eigenvalue weighted by molar-refractivity contribution is -0.140. The second-order valence-corrected chi connectivity index (χ2v) is 7.20. The van der Waals surface area contributed by atoms with Gasteiger partial charge in [-0.3, -0.25) is 9.59 Å². The summed E-state index contributed by atoms with van der Waals surface area (Å²) in [4.78, 5) is 24.2. The van der Waals surface area contributed by atoms with Crippen LogP contribution < -0.4 is 0 Å². The second kappa shape index (κ2) is 9.71. The zero-order valence-corrected chi connectivity index (χ0v) is 16.0. The van der Waals surface area contributed by atoms with Crippen molar-refractivity contribution in [2.45, 2.75) is 64.4 Å². The molecule has 0 amide bonds. The Hall–Kier alpha value is -1.12. The van der Waals surface area contributed by atoms with E-state index in [1.165, 1.54) is 0 Å². The molecule has 1 aliphatic heterocycles. The number of carbonyl (C=O) groups excluding carboxylic acids is 2. The maximum atomic E-state index is 12.7. The summed E-state index contributed by atoms with van der Waals surface area (Å²) in [6.07, 6.45) is 0.816. The lowest BCUT2D eigenvalue weighted by Gasteiger charge is -2.28. The minimum absolute atomic E-state index is 0.0236. The van der Waals surface area contributed by atoms with Gasteiger partial charge in [-0.1, -0.05) is 26.0 Å². The SMILES string of the molecule is C/C=C\[C@H](C)[C@H]1O[C@@]1(C)[C@@H](O)[C@@H](CO)C(=O)[C@@H](CO)[C@@H](O)CC(=O)CC. The van der Waals surface area contributed by atoms with Gasteiger partial charge in [0.2, 0.25) is 0 Å². The van der Waals surface area contributed by atoms with Gasteiger partial charge in [0.15, 0.2) is 0 Å². The van der Waals surface area contributed by atoms with Gasteiger partial charge in [0.25, 0.3) is 0 Å². The molecule has 0 bridgehead atoms. The zero-order valence-electron chi connectivity index (χ0n) is 16.0. The summed E-state index contributed by atoms with van der Waals surface area (Å²) in [5.41, 5.74) is -0.994. The summed E-state index contributed by atoms with van der Waals surface area (Å²) in [6.45, 7) is 5.79. The predicted molar refractivity (Wildman–Crippen MR) is 95.3 cm³/mol. The predicted octanol–water partition coefficient (Wildman–Crippen LogP) is 0.233. The number of aliphatic hydroxyl groups excluding tert-OH is 4. The average Bonchev–Trinajstić information content (AvgIpc) is 3.29. The highest BCUT2D eigenvalue weighted by atomic mass is 16.6. The molecule has 7 nitrogen and oxygen atoms in total. The van der Waals surface area contributed by atoms with E-state index in [4.69, 9.17) is 4.74 Å². The quantitative estimate of drug-likeness (QED) is 0.285. The third-order valence-electron chi connectivity index (χ3n) is 5.25. The van der Waals surface area contributed by atoms with E-state index in [-0.39, 0.29) is 30.6 Å². The number of epoxide rings is 1. The highest BCUT2D eigenvalue weighted by Gasteiger charge is 2.61. The summed E-state index contributed by atoms with van der Waals surface area (Å²) in [7, 11) is 0. The standard InChI is InChI=1S/C19H32O7/c1-5-7-11(3)18-19(4,26-18)17(25)14(10-21)16(24)13(9-20)15(23)8-12(22)6-2/h5,7,11,13-15,17-18,20-21,23,25H,6,8-10H2,1-4H3/b7-5-/t11-,13-,14-,15-,17-,18+,19-/m0/s1. The Morgan fingerprint density at radius 1 is 1.19 bits per heavy atom. The summed E-state index contributed by atoms with van der Waals surface area (Å²) in [5, 5.41) is 40.0. The molecule has 0 unspecified atom stereocenters. The molecule has 150 valence electrons. The van der Waals surface area contributed by atoms with Gasteiger partial charge in [-0.25, -0.2) is 0 Å². The highest BCUT2D eigenvalue weighted by molar-refractivity contribution is 5.86. The maximum absolute atomic E-state index is 12.7. The zero-order chi connectivity index (χ0) is 20.1. The topological polar surface area (TPSA) is 128 Å². The number of carbonyl (C=O) groups is 2. The van der Waals surface area contributed by atoms with Crippen molar-refractivity contribution in [1.29, 1.82) is 0 Å². The van der Waals surface area contributed by atoms with Crippen LogP contribution in [0.15, 0.2) is 12.2 Å². The Bertz CT molecular complexity index is 518. The van der Waals surface area contributed by atoms with Crippen LogP contribution in [0.2, 0.25) is 0 Å². The number of Topliss-reactive ketones (excluding diaryl/α,β-unsaturated/α-hetero) is 2. The smallest absolute Gasteiger partial charge is 0.148 e. The van der Waals surface area contributed by atoms with E-state index in [1.807, 2.05) is 26.0 Å². The van der Waals surface area contributed by atoms with Gasteiger partial charge in [0.05, 0.1) is 43.4 Å².